The van der Waals surface area contributed by atoms with Crippen LogP contribution in [0.25, 0.3) is 0 Å². The van der Waals surface area contributed by atoms with Crippen molar-refractivity contribution in [1.29, 1.82) is 0 Å². The summed E-state index contributed by atoms with van der Waals surface area (Å²) in [6, 6.07) is -0.158. The predicted molar refractivity (Wildman–Crippen MR) is 40.8 cm³/mol. The van der Waals surface area contributed by atoms with Crippen LogP contribution in [0.2, 0.25) is 0 Å². The van der Waals surface area contributed by atoms with Crippen LogP contribution >= 0.6 is 0 Å². The van der Waals surface area contributed by atoms with E-state index in [0.717, 1.165) is 0 Å². The third-order valence-electron chi connectivity index (χ3n) is 1.68. The van der Waals surface area contributed by atoms with Crippen molar-refractivity contribution in [1.82, 2.24) is 4.98 Å². The molecule has 0 radical (unpaired) electrons. The lowest BCUT2D eigenvalue weighted by Crippen LogP contribution is -2.15. The number of hydrogen-bond donors (Lipinski definition) is 0. The van der Waals surface area contributed by atoms with Gasteiger partial charge in [-0.25, -0.2) is 13.8 Å². The van der Waals surface area contributed by atoms with E-state index in [9.17, 15) is 36.5 Å². The molecular weight excluding hydrogens is 258 g/mol. The van der Waals surface area contributed by atoms with Gasteiger partial charge in [-0.2, -0.15) is 17.6 Å². The first-order chi connectivity index (χ1) is 7.64. The van der Waals surface area contributed by atoms with Crippen LogP contribution in [0.15, 0.2) is 6.07 Å². The predicted octanol–water partition coefficient (Wildman–Crippen LogP) is 3.09. The van der Waals surface area contributed by atoms with Crippen LogP contribution in [0, 0.1) is 16.1 Å². The van der Waals surface area contributed by atoms with Crippen molar-refractivity contribution in [2.24, 2.45) is 0 Å². The van der Waals surface area contributed by atoms with Gasteiger partial charge in [0.25, 0.3) is 12.1 Å². The lowest BCUT2D eigenvalue weighted by molar-refractivity contribution is -0.388. The van der Waals surface area contributed by atoms with E-state index in [1.54, 1.807) is 0 Å². The SMILES string of the molecule is O=[N+]([O-])c1cc(F)nc(C(F)F)c1C(F)(F)F. The summed E-state index contributed by atoms with van der Waals surface area (Å²) in [5.74, 6) is -1.78. The second kappa shape index (κ2) is 4.18. The van der Waals surface area contributed by atoms with E-state index in [0.29, 0.717) is 0 Å². The van der Waals surface area contributed by atoms with Crippen LogP contribution in [-0.4, -0.2) is 9.91 Å². The molecule has 0 aromatic carbocycles. The summed E-state index contributed by atoms with van der Waals surface area (Å²) >= 11 is 0. The van der Waals surface area contributed by atoms with Crippen molar-refractivity contribution in [3.63, 3.8) is 0 Å². The van der Waals surface area contributed by atoms with Gasteiger partial charge in [0.1, 0.15) is 5.69 Å². The summed E-state index contributed by atoms with van der Waals surface area (Å²) in [5.41, 5.74) is -6.02. The highest BCUT2D eigenvalue weighted by Crippen LogP contribution is 2.41. The first-order valence-electron chi connectivity index (χ1n) is 3.84. The zero-order chi connectivity index (χ0) is 13.4. The lowest BCUT2D eigenvalue weighted by Gasteiger charge is -2.11. The number of rotatable bonds is 2. The Hall–Kier alpha value is -1.87. The topological polar surface area (TPSA) is 56.0 Å². The minimum atomic E-state index is -5.42. The van der Waals surface area contributed by atoms with Gasteiger partial charge in [-0.1, -0.05) is 0 Å². The molecule has 0 unspecified atom stereocenters. The van der Waals surface area contributed by atoms with E-state index >= 15 is 0 Å². The molecule has 1 aromatic rings. The molecule has 17 heavy (non-hydrogen) atoms. The molecule has 1 aromatic heterocycles. The quantitative estimate of drug-likeness (QED) is 0.355. The van der Waals surface area contributed by atoms with E-state index in [-0.39, 0.29) is 6.07 Å². The fraction of sp³-hybridized carbons (Fsp3) is 0.286. The van der Waals surface area contributed by atoms with Crippen molar-refractivity contribution < 1.29 is 31.3 Å². The highest BCUT2D eigenvalue weighted by molar-refractivity contribution is 5.44. The maximum atomic E-state index is 12.6. The summed E-state index contributed by atoms with van der Waals surface area (Å²) in [6.07, 6.45) is -9.20. The van der Waals surface area contributed by atoms with Gasteiger partial charge >= 0.3 is 6.18 Å². The smallest absolute Gasteiger partial charge is 0.258 e. The molecule has 0 aliphatic heterocycles. The third kappa shape index (κ3) is 2.63. The molecule has 4 nitrogen and oxygen atoms in total. The minimum Gasteiger partial charge on any atom is -0.258 e. The van der Waals surface area contributed by atoms with E-state index in [2.05, 4.69) is 4.98 Å². The Kier molecular flexibility index (Phi) is 3.25. The highest BCUT2D eigenvalue weighted by atomic mass is 19.4. The Labute approximate surface area is 89.0 Å². The van der Waals surface area contributed by atoms with Crippen LogP contribution in [0.3, 0.4) is 0 Å². The molecule has 0 aliphatic rings. The monoisotopic (exact) mass is 260 g/mol. The first kappa shape index (κ1) is 13.2. The Morgan fingerprint density at radius 3 is 2.24 bits per heavy atom. The summed E-state index contributed by atoms with van der Waals surface area (Å²) in [7, 11) is 0. The largest absolute Gasteiger partial charge is 0.425 e. The Balaban J connectivity index is 3.66. The standard InChI is InChI=1S/C7H2F6N2O2/c8-3-1-2(15(16)17)4(7(11,12)13)5(14-3)6(9)10/h1,6H. The molecule has 0 saturated carbocycles. The number of pyridine rings is 1. The van der Waals surface area contributed by atoms with Crippen LogP contribution in [-0.2, 0) is 6.18 Å². The number of alkyl halides is 5. The maximum absolute atomic E-state index is 12.6. The fourth-order valence-electron chi connectivity index (χ4n) is 1.11. The molecule has 10 heteroatoms. The maximum Gasteiger partial charge on any atom is 0.425 e. The Morgan fingerprint density at radius 2 is 1.88 bits per heavy atom. The van der Waals surface area contributed by atoms with E-state index in [1.165, 1.54) is 0 Å². The number of nitrogens with zero attached hydrogens (tertiary/aromatic N) is 2. The molecule has 1 rings (SSSR count). The molecule has 0 amide bonds. The zero-order valence-corrected chi connectivity index (χ0v) is 7.63. The van der Waals surface area contributed by atoms with Crippen molar-refractivity contribution in [3.05, 3.63) is 33.4 Å². The number of hydrogen-bond acceptors (Lipinski definition) is 3. The van der Waals surface area contributed by atoms with Gasteiger partial charge < -0.3 is 0 Å². The first-order valence-corrected chi connectivity index (χ1v) is 3.84. The van der Waals surface area contributed by atoms with Gasteiger partial charge in [0.2, 0.25) is 5.95 Å². The zero-order valence-electron chi connectivity index (χ0n) is 7.63. The molecular formula is C7H2F6N2O2. The number of aromatic nitrogens is 1. The van der Waals surface area contributed by atoms with Crippen molar-refractivity contribution in [2.75, 3.05) is 0 Å². The van der Waals surface area contributed by atoms with Gasteiger partial charge in [-0.05, 0) is 0 Å². The average molecular weight is 260 g/mol. The third-order valence-corrected chi connectivity index (χ3v) is 1.68. The van der Waals surface area contributed by atoms with Gasteiger partial charge in [0.05, 0.1) is 11.0 Å². The molecule has 0 spiro atoms. The van der Waals surface area contributed by atoms with E-state index in [1.807, 2.05) is 0 Å². The van der Waals surface area contributed by atoms with E-state index in [4.69, 9.17) is 0 Å². The number of halogens is 6. The van der Waals surface area contributed by atoms with Crippen LogP contribution in [0.5, 0.6) is 0 Å². The summed E-state index contributed by atoms with van der Waals surface area (Å²) in [5, 5.41) is 10.3. The second-order valence-electron chi connectivity index (χ2n) is 2.78. The molecule has 0 fully saturated rings. The lowest BCUT2D eigenvalue weighted by atomic mass is 10.1. The summed E-state index contributed by atoms with van der Waals surface area (Å²) < 4.78 is 74.1. The van der Waals surface area contributed by atoms with Gasteiger partial charge in [0.15, 0.2) is 5.56 Å². The summed E-state index contributed by atoms with van der Waals surface area (Å²) in [6.45, 7) is 0. The molecule has 1 heterocycles. The molecule has 0 atom stereocenters. The second-order valence-corrected chi connectivity index (χ2v) is 2.78. The van der Waals surface area contributed by atoms with Gasteiger partial charge in [-0.3, -0.25) is 10.1 Å². The van der Waals surface area contributed by atoms with Crippen molar-refractivity contribution in [2.45, 2.75) is 12.6 Å². The van der Waals surface area contributed by atoms with Crippen molar-refractivity contribution >= 4 is 5.69 Å². The van der Waals surface area contributed by atoms with Crippen molar-refractivity contribution in [3.8, 4) is 0 Å². The minimum absolute atomic E-state index is 0.158. The van der Waals surface area contributed by atoms with Crippen LogP contribution in [0.1, 0.15) is 17.7 Å². The molecule has 0 saturated heterocycles. The van der Waals surface area contributed by atoms with Crippen LogP contribution < -0.4 is 0 Å². The normalized spacial score (nSPS) is 11.9. The summed E-state index contributed by atoms with van der Waals surface area (Å²) in [4.78, 5) is 11.0. The fourth-order valence-corrected chi connectivity index (χ4v) is 1.11. The number of nitro groups is 1. The van der Waals surface area contributed by atoms with Gasteiger partial charge in [0, 0.05) is 0 Å². The molecule has 0 aliphatic carbocycles. The molecule has 94 valence electrons. The average Bonchev–Trinajstić information content (AvgIpc) is 2.14. The Bertz CT molecular complexity index is 458. The van der Waals surface area contributed by atoms with Gasteiger partial charge in [-0.15, -0.1) is 0 Å². The van der Waals surface area contributed by atoms with Crippen LogP contribution in [0.4, 0.5) is 32.0 Å². The highest BCUT2D eigenvalue weighted by Gasteiger charge is 2.44. The van der Waals surface area contributed by atoms with E-state index < -0.39 is 40.4 Å². The molecule has 0 N–H and O–H groups in total. The molecule has 0 bridgehead atoms. The Morgan fingerprint density at radius 1 is 1.35 bits per heavy atom.